The number of nitrogens with zero attached hydrogens (tertiary/aromatic N) is 4. The van der Waals surface area contributed by atoms with Gasteiger partial charge in [-0.25, -0.2) is 22.8 Å². The van der Waals surface area contributed by atoms with Gasteiger partial charge in [0.1, 0.15) is 18.0 Å². The number of halogens is 1. The maximum Gasteiger partial charge on any atom is 0.263 e. The van der Waals surface area contributed by atoms with Gasteiger partial charge in [-0.15, -0.1) is 0 Å². The van der Waals surface area contributed by atoms with Crippen molar-refractivity contribution in [3.8, 4) is 0 Å². The molecule has 1 aliphatic heterocycles. The molecule has 180 valence electrons. The third kappa shape index (κ3) is 4.94. The first-order valence-corrected chi connectivity index (χ1v) is 12.5. The number of aromatic amines is 1. The Hall–Kier alpha value is -3.99. The molecule has 1 saturated heterocycles. The highest BCUT2D eigenvalue weighted by atomic mass is 32.2. The Morgan fingerprint density at radius 1 is 1.06 bits per heavy atom. The number of hydrogen-bond acceptors (Lipinski definition) is 6. The van der Waals surface area contributed by atoms with Gasteiger partial charge < -0.3 is 14.8 Å². The minimum absolute atomic E-state index is 0.00736. The SMILES string of the molecule is O=C(Cc1c[nH]c2ccc(F)cc12)N1CCN(c2ccc(S(=O)(=O)Nc3ccncn3)cc2)CC1. The normalized spacial score (nSPS) is 14.3. The molecule has 0 bridgehead atoms. The number of anilines is 2. The summed E-state index contributed by atoms with van der Waals surface area (Å²) in [5.74, 6) is -0.141. The lowest BCUT2D eigenvalue weighted by atomic mass is 10.1. The zero-order valence-electron chi connectivity index (χ0n) is 18.7. The molecule has 0 spiro atoms. The van der Waals surface area contributed by atoms with Crippen LogP contribution in [0.4, 0.5) is 15.9 Å². The van der Waals surface area contributed by atoms with Crippen molar-refractivity contribution in [3.63, 3.8) is 0 Å². The number of amides is 1. The van der Waals surface area contributed by atoms with Crippen LogP contribution in [0.1, 0.15) is 5.56 Å². The molecule has 1 fully saturated rings. The lowest BCUT2D eigenvalue weighted by molar-refractivity contribution is -0.130. The highest BCUT2D eigenvalue weighted by molar-refractivity contribution is 7.92. The van der Waals surface area contributed by atoms with Crippen molar-refractivity contribution in [2.75, 3.05) is 35.8 Å². The van der Waals surface area contributed by atoms with Crippen LogP contribution in [-0.4, -0.2) is 60.4 Å². The second-order valence-corrected chi connectivity index (χ2v) is 9.92. The van der Waals surface area contributed by atoms with Gasteiger partial charge in [-0.2, -0.15) is 0 Å². The van der Waals surface area contributed by atoms with E-state index in [0.29, 0.717) is 26.2 Å². The summed E-state index contributed by atoms with van der Waals surface area (Å²) >= 11 is 0. The summed E-state index contributed by atoms with van der Waals surface area (Å²) in [6.07, 6.45) is 4.69. The molecule has 0 radical (unpaired) electrons. The first-order chi connectivity index (χ1) is 16.9. The van der Waals surface area contributed by atoms with Crippen LogP contribution in [-0.2, 0) is 21.2 Å². The second-order valence-electron chi connectivity index (χ2n) is 8.24. The van der Waals surface area contributed by atoms with Crippen molar-refractivity contribution in [2.24, 2.45) is 0 Å². The van der Waals surface area contributed by atoms with Gasteiger partial charge in [0.2, 0.25) is 5.91 Å². The molecule has 9 nitrogen and oxygen atoms in total. The lowest BCUT2D eigenvalue weighted by Gasteiger charge is -2.36. The van der Waals surface area contributed by atoms with Crippen LogP contribution in [0, 0.1) is 5.82 Å². The highest BCUT2D eigenvalue weighted by Gasteiger charge is 2.23. The topological polar surface area (TPSA) is 111 Å². The zero-order chi connectivity index (χ0) is 24.4. The van der Waals surface area contributed by atoms with Crippen molar-refractivity contribution in [1.82, 2.24) is 19.9 Å². The molecule has 2 N–H and O–H groups in total. The summed E-state index contributed by atoms with van der Waals surface area (Å²) in [6.45, 7) is 2.34. The summed E-state index contributed by atoms with van der Waals surface area (Å²) < 4.78 is 41.2. The molecule has 4 aromatic rings. The Balaban J connectivity index is 1.19. The van der Waals surface area contributed by atoms with Crippen LogP contribution in [0.2, 0.25) is 0 Å². The van der Waals surface area contributed by atoms with E-state index in [9.17, 15) is 17.6 Å². The van der Waals surface area contributed by atoms with Gasteiger partial charge in [0, 0.05) is 55.2 Å². The second kappa shape index (κ2) is 9.34. The predicted molar refractivity (Wildman–Crippen MR) is 130 cm³/mol. The molecule has 2 aromatic carbocycles. The molecule has 2 aromatic heterocycles. The van der Waals surface area contributed by atoms with Gasteiger partial charge in [0.05, 0.1) is 11.3 Å². The van der Waals surface area contributed by atoms with Gasteiger partial charge in [-0.05, 0) is 54.1 Å². The van der Waals surface area contributed by atoms with E-state index >= 15 is 0 Å². The minimum atomic E-state index is -3.76. The molecule has 11 heteroatoms. The number of carbonyl (C=O) groups is 1. The maximum absolute atomic E-state index is 13.6. The summed E-state index contributed by atoms with van der Waals surface area (Å²) in [4.78, 5) is 27.6. The lowest BCUT2D eigenvalue weighted by Crippen LogP contribution is -2.49. The summed E-state index contributed by atoms with van der Waals surface area (Å²) in [7, 11) is -3.76. The molecule has 1 amide bonds. The fraction of sp³-hybridized carbons (Fsp3) is 0.208. The number of hydrogen-bond donors (Lipinski definition) is 2. The molecule has 0 unspecified atom stereocenters. The number of H-pyrrole nitrogens is 1. The van der Waals surface area contributed by atoms with Gasteiger partial charge in [0.25, 0.3) is 10.0 Å². The monoisotopic (exact) mass is 494 g/mol. The molecule has 0 atom stereocenters. The van der Waals surface area contributed by atoms with E-state index in [1.54, 1.807) is 41.4 Å². The number of piperazine rings is 1. The Morgan fingerprint density at radius 3 is 2.54 bits per heavy atom. The average Bonchev–Trinajstić information content (AvgIpc) is 3.26. The molecule has 35 heavy (non-hydrogen) atoms. The van der Waals surface area contributed by atoms with Crippen LogP contribution in [0.3, 0.4) is 0 Å². The third-order valence-electron chi connectivity index (χ3n) is 6.04. The van der Waals surface area contributed by atoms with Crippen LogP contribution in [0.15, 0.2) is 72.1 Å². The van der Waals surface area contributed by atoms with Crippen LogP contribution in [0.5, 0.6) is 0 Å². The number of rotatable bonds is 6. The van der Waals surface area contributed by atoms with Crippen LogP contribution >= 0.6 is 0 Å². The van der Waals surface area contributed by atoms with Crippen LogP contribution < -0.4 is 9.62 Å². The number of fused-ring (bicyclic) bond motifs is 1. The number of carbonyl (C=O) groups excluding carboxylic acids is 1. The Labute approximate surface area is 201 Å². The first-order valence-electron chi connectivity index (χ1n) is 11.1. The molecular weight excluding hydrogens is 471 g/mol. The quantitative estimate of drug-likeness (QED) is 0.426. The minimum Gasteiger partial charge on any atom is -0.368 e. The van der Waals surface area contributed by atoms with Crippen molar-refractivity contribution >= 4 is 38.3 Å². The fourth-order valence-corrected chi connectivity index (χ4v) is 5.18. The van der Waals surface area contributed by atoms with E-state index in [1.165, 1.54) is 30.7 Å². The zero-order valence-corrected chi connectivity index (χ0v) is 19.5. The molecular formula is C24H23FN6O3S. The standard InChI is InChI=1S/C24H23FN6O3S/c25-18-1-6-22-21(14-18)17(15-27-22)13-24(32)31-11-9-30(10-12-31)19-2-4-20(5-3-19)35(33,34)29-23-7-8-26-16-28-23/h1-8,14-16,27H,9-13H2,(H,26,28,29). The largest absolute Gasteiger partial charge is 0.368 e. The van der Waals surface area contributed by atoms with Crippen molar-refractivity contribution in [3.05, 3.63) is 78.6 Å². The molecule has 1 aliphatic rings. The van der Waals surface area contributed by atoms with Gasteiger partial charge in [-0.1, -0.05) is 0 Å². The van der Waals surface area contributed by atoms with E-state index in [-0.39, 0.29) is 28.9 Å². The number of aromatic nitrogens is 3. The van der Waals surface area contributed by atoms with Gasteiger partial charge in [-0.3, -0.25) is 9.52 Å². The summed E-state index contributed by atoms with van der Waals surface area (Å²) in [6, 6.07) is 12.6. The average molecular weight is 495 g/mol. The Bertz CT molecular complexity index is 1450. The Kier molecular flexibility index (Phi) is 6.08. The fourth-order valence-electron chi connectivity index (χ4n) is 4.17. The van der Waals surface area contributed by atoms with Crippen molar-refractivity contribution < 1.29 is 17.6 Å². The number of benzene rings is 2. The molecule has 5 rings (SSSR count). The van der Waals surface area contributed by atoms with E-state index in [0.717, 1.165) is 22.2 Å². The number of sulfonamides is 1. The Morgan fingerprint density at radius 2 is 1.83 bits per heavy atom. The predicted octanol–water partition coefficient (Wildman–Crippen LogP) is 2.79. The summed E-state index contributed by atoms with van der Waals surface area (Å²) in [5.41, 5.74) is 2.46. The number of nitrogens with one attached hydrogen (secondary N) is 2. The van der Waals surface area contributed by atoms with Crippen molar-refractivity contribution in [1.29, 1.82) is 0 Å². The van der Waals surface area contributed by atoms with Crippen LogP contribution in [0.25, 0.3) is 10.9 Å². The molecule has 3 heterocycles. The van der Waals surface area contributed by atoms with E-state index < -0.39 is 10.0 Å². The first kappa shape index (κ1) is 22.8. The smallest absolute Gasteiger partial charge is 0.263 e. The van der Waals surface area contributed by atoms with Gasteiger partial charge in [0.15, 0.2) is 0 Å². The summed E-state index contributed by atoms with van der Waals surface area (Å²) in [5, 5.41) is 0.723. The molecule has 0 saturated carbocycles. The van der Waals surface area contributed by atoms with E-state index in [1.807, 2.05) is 0 Å². The maximum atomic E-state index is 13.6. The molecule has 0 aliphatic carbocycles. The third-order valence-corrected chi connectivity index (χ3v) is 7.41. The highest BCUT2D eigenvalue weighted by Crippen LogP contribution is 2.23. The van der Waals surface area contributed by atoms with Crippen molar-refractivity contribution in [2.45, 2.75) is 11.3 Å². The van der Waals surface area contributed by atoms with E-state index in [2.05, 4.69) is 24.6 Å². The van der Waals surface area contributed by atoms with E-state index in [4.69, 9.17) is 0 Å². The van der Waals surface area contributed by atoms with Gasteiger partial charge >= 0.3 is 0 Å².